The van der Waals surface area contributed by atoms with Gasteiger partial charge in [-0.2, -0.15) is 0 Å². The second-order valence-corrected chi connectivity index (χ2v) is 12.2. The Labute approximate surface area is 249 Å². The summed E-state index contributed by atoms with van der Waals surface area (Å²) in [6.07, 6.45) is 0.731. The van der Waals surface area contributed by atoms with Gasteiger partial charge in [0.25, 0.3) is 10.0 Å². The first-order valence-electron chi connectivity index (χ1n) is 13.9. The number of sulfonamides is 1. The van der Waals surface area contributed by atoms with Gasteiger partial charge in [0.2, 0.25) is 11.8 Å². The van der Waals surface area contributed by atoms with Crippen LogP contribution in [0.3, 0.4) is 0 Å². The molecule has 9 nitrogen and oxygen atoms in total. The van der Waals surface area contributed by atoms with Gasteiger partial charge < -0.3 is 19.7 Å². The number of aryl methyl sites for hydroxylation is 2. The van der Waals surface area contributed by atoms with Crippen LogP contribution in [0.4, 0.5) is 5.69 Å². The van der Waals surface area contributed by atoms with Crippen LogP contribution in [0, 0.1) is 13.8 Å². The molecule has 42 heavy (non-hydrogen) atoms. The van der Waals surface area contributed by atoms with Crippen molar-refractivity contribution in [2.75, 3.05) is 25.1 Å². The van der Waals surface area contributed by atoms with E-state index in [-0.39, 0.29) is 29.1 Å². The fourth-order valence-electron chi connectivity index (χ4n) is 4.28. The third-order valence-corrected chi connectivity index (χ3v) is 8.96. The van der Waals surface area contributed by atoms with Gasteiger partial charge in [-0.05, 0) is 63.9 Å². The lowest BCUT2D eigenvalue weighted by atomic mass is 10.1. The van der Waals surface area contributed by atoms with Gasteiger partial charge in [0.15, 0.2) is 11.5 Å². The zero-order valence-corrected chi connectivity index (χ0v) is 26.2. The third-order valence-electron chi connectivity index (χ3n) is 7.19. The molecule has 0 heterocycles. The monoisotopic (exact) mass is 595 g/mol. The number of nitrogens with zero attached hydrogens (tertiary/aromatic N) is 2. The minimum Gasteiger partial charge on any atom is -0.493 e. The van der Waals surface area contributed by atoms with E-state index in [1.807, 2.05) is 52.0 Å². The summed E-state index contributed by atoms with van der Waals surface area (Å²) < 4.78 is 39.9. The Morgan fingerprint density at radius 1 is 0.857 bits per heavy atom. The highest BCUT2D eigenvalue weighted by Gasteiger charge is 2.33. The highest BCUT2D eigenvalue weighted by molar-refractivity contribution is 7.92. The normalized spacial score (nSPS) is 12.6. The molecule has 3 aromatic rings. The van der Waals surface area contributed by atoms with Gasteiger partial charge in [-0.25, -0.2) is 8.42 Å². The van der Waals surface area contributed by atoms with E-state index >= 15 is 0 Å². The van der Waals surface area contributed by atoms with E-state index in [2.05, 4.69) is 5.32 Å². The largest absolute Gasteiger partial charge is 0.493 e. The van der Waals surface area contributed by atoms with Crippen LogP contribution in [-0.2, 0) is 26.2 Å². The number of rotatable bonds is 13. The van der Waals surface area contributed by atoms with E-state index in [9.17, 15) is 18.0 Å². The number of nitrogens with one attached hydrogen (secondary N) is 1. The number of carbonyl (C=O) groups excluding carboxylic acids is 2. The summed E-state index contributed by atoms with van der Waals surface area (Å²) in [5, 5.41) is 2.94. The van der Waals surface area contributed by atoms with Crippen molar-refractivity contribution in [3.8, 4) is 11.5 Å². The standard InChI is InChI=1S/C32H41N3O6S/c1-8-24(4)33-32(37)25(5)34(20-26-13-9-22(2)10-14-26)31(36)21-35(27-15-11-23(3)12-16-27)42(38,39)28-17-18-29(40-6)30(19-28)41-7/h9-19,24-25H,8,20-21H2,1-7H3,(H,33,37). The van der Waals surface area contributed by atoms with Crippen molar-refractivity contribution in [2.24, 2.45) is 0 Å². The highest BCUT2D eigenvalue weighted by atomic mass is 32.2. The molecule has 226 valence electrons. The van der Waals surface area contributed by atoms with Gasteiger partial charge >= 0.3 is 0 Å². The summed E-state index contributed by atoms with van der Waals surface area (Å²) in [5.41, 5.74) is 3.13. The van der Waals surface area contributed by atoms with Crippen LogP contribution in [0.15, 0.2) is 71.6 Å². The number of benzene rings is 3. The average molecular weight is 596 g/mol. The fraction of sp³-hybridized carbons (Fsp3) is 0.375. The molecule has 2 atom stereocenters. The summed E-state index contributed by atoms with van der Waals surface area (Å²) in [4.78, 5) is 28.6. The molecule has 3 rings (SSSR count). The van der Waals surface area contributed by atoms with E-state index in [1.165, 1.54) is 37.3 Å². The maximum atomic E-state index is 14.1. The molecule has 0 saturated heterocycles. The van der Waals surface area contributed by atoms with Gasteiger partial charge in [-0.15, -0.1) is 0 Å². The molecule has 0 bridgehead atoms. The topological polar surface area (TPSA) is 105 Å². The van der Waals surface area contributed by atoms with E-state index in [0.29, 0.717) is 11.4 Å². The van der Waals surface area contributed by atoms with Crippen molar-refractivity contribution in [1.82, 2.24) is 10.2 Å². The summed E-state index contributed by atoms with van der Waals surface area (Å²) in [6.45, 7) is 8.98. The lowest BCUT2D eigenvalue weighted by Gasteiger charge is -2.32. The summed E-state index contributed by atoms with van der Waals surface area (Å²) >= 11 is 0. The number of hydrogen-bond donors (Lipinski definition) is 1. The number of carbonyl (C=O) groups is 2. The maximum Gasteiger partial charge on any atom is 0.264 e. The highest BCUT2D eigenvalue weighted by Crippen LogP contribution is 2.32. The lowest BCUT2D eigenvalue weighted by molar-refractivity contribution is -0.139. The quantitative estimate of drug-likeness (QED) is 0.303. The van der Waals surface area contributed by atoms with Crippen molar-refractivity contribution in [1.29, 1.82) is 0 Å². The summed E-state index contributed by atoms with van der Waals surface area (Å²) in [5.74, 6) is -0.216. The van der Waals surface area contributed by atoms with Crippen LogP contribution in [0.2, 0.25) is 0 Å². The molecule has 0 aromatic heterocycles. The first-order valence-corrected chi connectivity index (χ1v) is 15.3. The van der Waals surface area contributed by atoms with Crippen LogP contribution < -0.4 is 19.1 Å². The zero-order valence-electron chi connectivity index (χ0n) is 25.4. The molecule has 0 spiro atoms. The Hall–Kier alpha value is -4.05. The number of anilines is 1. The molecule has 3 aromatic carbocycles. The van der Waals surface area contributed by atoms with E-state index in [4.69, 9.17) is 9.47 Å². The van der Waals surface area contributed by atoms with Crippen molar-refractivity contribution >= 4 is 27.5 Å². The Balaban J connectivity index is 2.06. The number of ether oxygens (including phenoxy) is 2. The summed E-state index contributed by atoms with van der Waals surface area (Å²) in [6, 6.07) is 17.9. The fourth-order valence-corrected chi connectivity index (χ4v) is 5.71. The third kappa shape index (κ3) is 7.82. The Kier molecular flexibility index (Phi) is 11.0. The van der Waals surface area contributed by atoms with E-state index in [1.54, 1.807) is 31.2 Å². The molecule has 1 N–H and O–H groups in total. The SMILES string of the molecule is CCC(C)NC(=O)C(C)N(Cc1ccc(C)cc1)C(=O)CN(c1ccc(C)cc1)S(=O)(=O)c1ccc(OC)c(OC)c1. The summed E-state index contributed by atoms with van der Waals surface area (Å²) in [7, 11) is -1.37. The minimum absolute atomic E-state index is 0.0684. The Morgan fingerprint density at radius 3 is 1.98 bits per heavy atom. The van der Waals surface area contributed by atoms with E-state index < -0.39 is 28.5 Å². The molecule has 0 aliphatic heterocycles. The minimum atomic E-state index is -4.25. The lowest BCUT2D eigenvalue weighted by Crippen LogP contribution is -2.52. The Morgan fingerprint density at radius 2 is 1.43 bits per heavy atom. The molecule has 0 saturated carbocycles. The molecule has 0 radical (unpaired) electrons. The smallest absolute Gasteiger partial charge is 0.264 e. The molecule has 10 heteroatoms. The number of methoxy groups -OCH3 is 2. The van der Waals surface area contributed by atoms with Crippen LogP contribution in [0.25, 0.3) is 0 Å². The van der Waals surface area contributed by atoms with Crippen LogP contribution >= 0.6 is 0 Å². The van der Waals surface area contributed by atoms with Gasteiger partial charge in [0, 0.05) is 18.7 Å². The number of amides is 2. The van der Waals surface area contributed by atoms with Crippen molar-refractivity contribution in [3.63, 3.8) is 0 Å². The van der Waals surface area contributed by atoms with Crippen LogP contribution in [0.1, 0.15) is 43.9 Å². The van der Waals surface area contributed by atoms with Gasteiger partial charge in [-0.1, -0.05) is 54.4 Å². The first kappa shape index (κ1) is 32.5. The van der Waals surface area contributed by atoms with Gasteiger partial charge in [0.05, 0.1) is 24.8 Å². The molecule has 0 fully saturated rings. The van der Waals surface area contributed by atoms with Crippen molar-refractivity contribution in [2.45, 2.75) is 64.6 Å². The van der Waals surface area contributed by atoms with Crippen molar-refractivity contribution in [3.05, 3.63) is 83.4 Å². The van der Waals surface area contributed by atoms with Gasteiger partial charge in [0.1, 0.15) is 12.6 Å². The predicted molar refractivity (Wildman–Crippen MR) is 164 cm³/mol. The van der Waals surface area contributed by atoms with Gasteiger partial charge in [-0.3, -0.25) is 13.9 Å². The van der Waals surface area contributed by atoms with E-state index in [0.717, 1.165) is 27.4 Å². The molecular weight excluding hydrogens is 554 g/mol. The average Bonchev–Trinajstić information content (AvgIpc) is 2.98. The molecular formula is C32H41N3O6S. The first-order chi connectivity index (χ1) is 19.9. The van der Waals surface area contributed by atoms with Crippen LogP contribution in [-0.4, -0.2) is 58.0 Å². The molecule has 2 unspecified atom stereocenters. The Bertz CT molecular complexity index is 1470. The predicted octanol–water partition coefficient (Wildman–Crippen LogP) is 4.85. The zero-order chi connectivity index (χ0) is 31.0. The maximum absolute atomic E-state index is 14.1. The number of hydrogen-bond acceptors (Lipinski definition) is 6. The second kappa shape index (κ2) is 14.2. The molecule has 2 amide bonds. The molecule has 0 aliphatic rings. The van der Waals surface area contributed by atoms with Crippen molar-refractivity contribution < 1.29 is 27.5 Å². The second-order valence-electron chi connectivity index (χ2n) is 10.4. The van der Waals surface area contributed by atoms with Crippen LogP contribution in [0.5, 0.6) is 11.5 Å². The molecule has 0 aliphatic carbocycles.